The molecule has 0 radical (unpaired) electrons. The van der Waals surface area contributed by atoms with Crippen molar-refractivity contribution in [3.05, 3.63) is 23.7 Å². The Labute approximate surface area is 100 Å². The van der Waals surface area contributed by atoms with Crippen molar-refractivity contribution in [2.75, 3.05) is 0 Å². The van der Waals surface area contributed by atoms with Crippen molar-refractivity contribution in [2.24, 2.45) is 0 Å². The maximum atomic E-state index is 11.8. The monoisotopic (exact) mass is 235 g/mol. The van der Waals surface area contributed by atoms with Gasteiger partial charge in [0.05, 0.1) is 0 Å². The number of rotatable bonds is 3. The lowest BCUT2D eigenvalue weighted by Crippen LogP contribution is -2.37. The van der Waals surface area contributed by atoms with E-state index in [0.29, 0.717) is 24.4 Å². The number of amides is 1. The first-order valence-electron chi connectivity index (χ1n) is 6.10. The molecule has 1 aromatic rings. The first kappa shape index (κ1) is 11.9. The van der Waals surface area contributed by atoms with E-state index < -0.39 is 0 Å². The van der Waals surface area contributed by atoms with Gasteiger partial charge < -0.3 is 9.73 Å². The molecule has 1 amide bonds. The summed E-state index contributed by atoms with van der Waals surface area (Å²) >= 11 is 0. The van der Waals surface area contributed by atoms with Crippen molar-refractivity contribution < 1.29 is 14.0 Å². The van der Waals surface area contributed by atoms with Gasteiger partial charge in [0, 0.05) is 25.3 Å². The molecule has 4 nitrogen and oxygen atoms in total. The molecular weight excluding hydrogens is 218 g/mol. The second-order valence-electron chi connectivity index (χ2n) is 4.41. The maximum Gasteiger partial charge on any atom is 0.287 e. The van der Waals surface area contributed by atoms with Gasteiger partial charge in [-0.25, -0.2) is 0 Å². The number of ketones is 1. The molecule has 1 aliphatic carbocycles. The first-order valence-corrected chi connectivity index (χ1v) is 6.10. The van der Waals surface area contributed by atoms with Gasteiger partial charge in [-0.2, -0.15) is 0 Å². The molecule has 17 heavy (non-hydrogen) atoms. The van der Waals surface area contributed by atoms with Crippen LogP contribution in [0.5, 0.6) is 0 Å². The highest BCUT2D eigenvalue weighted by molar-refractivity contribution is 5.91. The van der Waals surface area contributed by atoms with E-state index in [2.05, 4.69) is 5.32 Å². The molecule has 0 aromatic carbocycles. The number of hydrogen-bond donors (Lipinski definition) is 1. The van der Waals surface area contributed by atoms with Gasteiger partial charge in [-0.1, -0.05) is 6.92 Å². The summed E-state index contributed by atoms with van der Waals surface area (Å²) in [6.45, 7) is 1.98. The second kappa shape index (κ2) is 5.17. The summed E-state index contributed by atoms with van der Waals surface area (Å²) in [6, 6.07) is 3.62. The molecule has 92 valence electrons. The molecule has 1 saturated carbocycles. The van der Waals surface area contributed by atoms with E-state index in [1.807, 2.05) is 13.0 Å². The van der Waals surface area contributed by atoms with Gasteiger partial charge in [0.25, 0.3) is 5.91 Å². The summed E-state index contributed by atoms with van der Waals surface area (Å²) in [5, 5.41) is 2.91. The zero-order chi connectivity index (χ0) is 12.3. The lowest BCUT2D eigenvalue weighted by atomic mass is 9.94. The average Bonchev–Trinajstić information content (AvgIpc) is 2.81. The standard InChI is InChI=1S/C13H17NO3/c1-2-11-7-8-12(17-11)13(16)14-9-3-5-10(15)6-4-9/h7-9H,2-6H2,1H3,(H,14,16). The van der Waals surface area contributed by atoms with Crippen molar-refractivity contribution in [3.63, 3.8) is 0 Å². The third-order valence-corrected chi connectivity index (χ3v) is 3.11. The van der Waals surface area contributed by atoms with Gasteiger partial charge in [0.1, 0.15) is 11.5 Å². The van der Waals surface area contributed by atoms with Crippen LogP contribution in [0.25, 0.3) is 0 Å². The van der Waals surface area contributed by atoms with Crippen LogP contribution in [0, 0.1) is 0 Å². The Bertz CT molecular complexity index is 412. The average molecular weight is 235 g/mol. The zero-order valence-corrected chi connectivity index (χ0v) is 9.99. The van der Waals surface area contributed by atoms with E-state index in [1.54, 1.807) is 6.07 Å². The normalized spacial score (nSPS) is 17.1. The predicted octanol–water partition coefficient (Wildman–Crippen LogP) is 2.08. The number of aryl methyl sites for hydroxylation is 1. The third-order valence-electron chi connectivity index (χ3n) is 3.11. The summed E-state index contributed by atoms with van der Waals surface area (Å²) in [7, 11) is 0. The fourth-order valence-electron chi connectivity index (χ4n) is 2.03. The minimum atomic E-state index is -0.177. The van der Waals surface area contributed by atoms with Crippen LogP contribution in [0.3, 0.4) is 0 Å². The highest BCUT2D eigenvalue weighted by Crippen LogP contribution is 2.16. The molecule has 0 atom stereocenters. The SMILES string of the molecule is CCc1ccc(C(=O)NC2CCC(=O)CC2)o1. The van der Waals surface area contributed by atoms with Crippen LogP contribution in [0.15, 0.2) is 16.5 Å². The van der Waals surface area contributed by atoms with Gasteiger partial charge in [0.2, 0.25) is 0 Å². The molecule has 2 rings (SSSR count). The van der Waals surface area contributed by atoms with E-state index in [4.69, 9.17) is 4.42 Å². The van der Waals surface area contributed by atoms with Crippen molar-refractivity contribution >= 4 is 11.7 Å². The van der Waals surface area contributed by atoms with E-state index >= 15 is 0 Å². The number of nitrogens with one attached hydrogen (secondary N) is 1. The topological polar surface area (TPSA) is 59.3 Å². The molecule has 0 unspecified atom stereocenters. The van der Waals surface area contributed by atoms with Gasteiger partial charge in [-0.05, 0) is 25.0 Å². The van der Waals surface area contributed by atoms with Crippen LogP contribution in [0.4, 0.5) is 0 Å². The Kier molecular flexibility index (Phi) is 3.61. The molecule has 1 fully saturated rings. The van der Waals surface area contributed by atoms with Crippen LogP contribution in [0.2, 0.25) is 0 Å². The maximum absolute atomic E-state index is 11.8. The molecule has 4 heteroatoms. The van der Waals surface area contributed by atoms with Crippen LogP contribution < -0.4 is 5.32 Å². The van der Waals surface area contributed by atoms with E-state index in [1.165, 1.54) is 0 Å². The van der Waals surface area contributed by atoms with Gasteiger partial charge in [-0.15, -0.1) is 0 Å². The van der Waals surface area contributed by atoms with Crippen LogP contribution in [0.1, 0.15) is 48.9 Å². The minimum absolute atomic E-state index is 0.107. The Morgan fingerprint density at radius 2 is 2.12 bits per heavy atom. The van der Waals surface area contributed by atoms with Crippen LogP contribution >= 0.6 is 0 Å². The molecule has 0 saturated heterocycles. The summed E-state index contributed by atoms with van der Waals surface area (Å²) in [6.07, 6.45) is 3.41. The molecule has 1 aromatic heterocycles. The molecule has 0 bridgehead atoms. The minimum Gasteiger partial charge on any atom is -0.456 e. The lowest BCUT2D eigenvalue weighted by molar-refractivity contribution is -0.120. The lowest BCUT2D eigenvalue weighted by Gasteiger charge is -2.21. The van der Waals surface area contributed by atoms with Gasteiger partial charge >= 0.3 is 0 Å². The molecule has 1 N–H and O–H groups in total. The van der Waals surface area contributed by atoms with Crippen molar-refractivity contribution in [1.82, 2.24) is 5.32 Å². The van der Waals surface area contributed by atoms with Crippen molar-refractivity contribution in [2.45, 2.75) is 45.1 Å². The summed E-state index contributed by atoms with van der Waals surface area (Å²) in [5.41, 5.74) is 0. The highest BCUT2D eigenvalue weighted by Gasteiger charge is 2.21. The van der Waals surface area contributed by atoms with Crippen LogP contribution in [-0.2, 0) is 11.2 Å². The first-order chi connectivity index (χ1) is 8.19. The number of hydrogen-bond acceptors (Lipinski definition) is 3. The molecule has 0 aliphatic heterocycles. The largest absolute Gasteiger partial charge is 0.456 e. The van der Waals surface area contributed by atoms with Crippen molar-refractivity contribution in [3.8, 4) is 0 Å². The summed E-state index contributed by atoms with van der Waals surface area (Å²) in [5.74, 6) is 1.29. The highest BCUT2D eigenvalue weighted by atomic mass is 16.3. The molecular formula is C13H17NO3. The number of Topliss-reactive ketones (excluding diaryl/α,β-unsaturated/α-hetero) is 1. The van der Waals surface area contributed by atoms with E-state index in [0.717, 1.165) is 25.0 Å². The summed E-state index contributed by atoms with van der Waals surface area (Å²) in [4.78, 5) is 22.9. The number of furan rings is 1. The number of carbonyl (C=O) groups is 2. The van der Waals surface area contributed by atoms with E-state index in [-0.39, 0.29) is 11.9 Å². The Hall–Kier alpha value is -1.58. The smallest absolute Gasteiger partial charge is 0.287 e. The molecule has 1 aliphatic rings. The predicted molar refractivity (Wildman–Crippen MR) is 62.8 cm³/mol. The van der Waals surface area contributed by atoms with Gasteiger partial charge in [-0.3, -0.25) is 9.59 Å². The summed E-state index contributed by atoms with van der Waals surface area (Å²) < 4.78 is 5.38. The molecule has 1 heterocycles. The third kappa shape index (κ3) is 2.96. The molecule has 0 spiro atoms. The quantitative estimate of drug-likeness (QED) is 0.872. The number of carbonyl (C=O) groups excluding carboxylic acids is 2. The Morgan fingerprint density at radius 1 is 1.41 bits per heavy atom. The van der Waals surface area contributed by atoms with Crippen molar-refractivity contribution in [1.29, 1.82) is 0 Å². The zero-order valence-electron chi connectivity index (χ0n) is 9.99. The second-order valence-corrected chi connectivity index (χ2v) is 4.41. The fraction of sp³-hybridized carbons (Fsp3) is 0.538. The fourth-order valence-corrected chi connectivity index (χ4v) is 2.03. The van der Waals surface area contributed by atoms with Crippen LogP contribution in [-0.4, -0.2) is 17.7 Å². The van der Waals surface area contributed by atoms with E-state index in [9.17, 15) is 9.59 Å². The Morgan fingerprint density at radius 3 is 2.71 bits per heavy atom. The Balaban J connectivity index is 1.90. The van der Waals surface area contributed by atoms with Gasteiger partial charge in [0.15, 0.2) is 5.76 Å².